The van der Waals surface area contributed by atoms with Gasteiger partial charge in [-0.2, -0.15) is 0 Å². The lowest BCUT2D eigenvalue weighted by Crippen LogP contribution is -2.42. The molecule has 3 rings (SSSR count). The van der Waals surface area contributed by atoms with E-state index in [4.69, 9.17) is 4.42 Å². The van der Waals surface area contributed by atoms with Crippen LogP contribution < -0.4 is 15.2 Å². The van der Waals surface area contributed by atoms with E-state index < -0.39 is 15.9 Å². The highest BCUT2D eigenvalue weighted by Crippen LogP contribution is 2.24. The number of hydrogen-bond acceptors (Lipinski definition) is 6. The van der Waals surface area contributed by atoms with E-state index in [1.807, 2.05) is 36.0 Å². The van der Waals surface area contributed by atoms with Crippen molar-refractivity contribution in [2.45, 2.75) is 5.75 Å². The van der Waals surface area contributed by atoms with Crippen LogP contribution in [0.3, 0.4) is 0 Å². The number of aromatic nitrogens is 1. The number of rotatable bonds is 6. The van der Waals surface area contributed by atoms with Crippen LogP contribution in [0.25, 0.3) is 11.0 Å². The Labute approximate surface area is 150 Å². The fourth-order valence-electron chi connectivity index (χ4n) is 2.31. The molecule has 0 bridgehead atoms. The highest BCUT2D eigenvalue weighted by atomic mass is 32.2. The van der Waals surface area contributed by atoms with E-state index in [2.05, 4.69) is 10.4 Å². The summed E-state index contributed by atoms with van der Waals surface area (Å²) in [4.78, 5) is 20.1. The molecular weight excluding hydrogens is 356 g/mol. The molecule has 1 amide bonds. The smallest absolute Gasteiger partial charge is 0.301 e. The van der Waals surface area contributed by atoms with Gasteiger partial charge in [-0.15, -0.1) is 4.83 Å². The lowest BCUT2D eigenvalue weighted by Gasteiger charge is -2.11. The van der Waals surface area contributed by atoms with Crippen LogP contribution in [0.2, 0.25) is 0 Å². The predicted octanol–water partition coefficient (Wildman–Crippen LogP) is 1.66. The molecule has 0 radical (unpaired) electrons. The summed E-state index contributed by atoms with van der Waals surface area (Å²) in [6.45, 7) is 0. The lowest BCUT2D eigenvalue weighted by atomic mass is 10.2. The van der Waals surface area contributed by atoms with E-state index in [-0.39, 0.29) is 11.5 Å². The van der Waals surface area contributed by atoms with Crippen molar-refractivity contribution < 1.29 is 17.6 Å². The van der Waals surface area contributed by atoms with Crippen LogP contribution in [0.1, 0.15) is 16.2 Å². The molecule has 2 aromatic heterocycles. The van der Waals surface area contributed by atoms with E-state index in [0.717, 1.165) is 11.1 Å². The van der Waals surface area contributed by atoms with Crippen LogP contribution >= 0.6 is 0 Å². The zero-order valence-corrected chi connectivity index (χ0v) is 15.1. The number of pyridine rings is 1. The maximum absolute atomic E-state index is 12.2. The Balaban J connectivity index is 1.69. The molecule has 3 aromatic rings. The Kier molecular flexibility index (Phi) is 4.92. The van der Waals surface area contributed by atoms with Gasteiger partial charge in [0.1, 0.15) is 11.3 Å². The Morgan fingerprint density at radius 2 is 2.00 bits per heavy atom. The fraction of sp³-hybridized carbons (Fsp3) is 0.176. The number of nitrogens with zero attached hydrogens (tertiary/aromatic N) is 2. The molecule has 0 fully saturated rings. The predicted molar refractivity (Wildman–Crippen MR) is 98.0 cm³/mol. The summed E-state index contributed by atoms with van der Waals surface area (Å²) in [6.07, 6.45) is 1.50. The van der Waals surface area contributed by atoms with Crippen LogP contribution in [0.5, 0.6) is 0 Å². The Morgan fingerprint density at radius 1 is 1.19 bits per heavy atom. The van der Waals surface area contributed by atoms with Gasteiger partial charge in [0, 0.05) is 37.4 Å². The second-order valence-corrected chi connectivity index (χ2v) is 7.59. The summed E-state index contributed by atoms with van der Waals surface area (Å²) in [6, 6.07) is 12.0. The molecule has 0 atom stereocenters. The number of benzene rings is 1. The highest BCUT2D eigenvalue weighted by Gasteiger charge is 2.17. The van der Waals surface area contributed by atoms with Crippen LogP contribution in [0.15, 0.2) is 53.1 Å². The van der Waals surface area contributed by atoms with Gasteiger partial charge in [0.2, 0.25) is 10.0 Å². The van der Waals surface area contributed by atoms with Crippen molar-refractivity contribution in [1.82, 2.24) is 15.2 Å². The summed E-state index contributed by atoms with van der Waals surface area (Å²) in [7, 11) is 0.0153. The van der Waals surface area contributed by atoms with Crippen molar-refractivity contribution in [1.29, 1.82) is 0 Å². The first-order valence-corrected chi connectivity index (χ1v) is 9.40. The second kappa shape index (κ2) is 7.14. The van der Waals surface area contributed by atoms with Gasteiger partial charge in [-0.1, -0.05) is 6.07 Å². The van der Waals surface area contributed by atoms with E-state index in [9.17, 15) is 13.2 Å². The number of sulfonamides is 1. The minimum Gasteiger partial charge on any atom is -0.451 e. The molecule has 0 saturated heterocycles. The van der Waals surface area contributed by atoms with Gasteiger partial charge >= 0.3 is 5.91 Å². The van der Waals surface area contributed by atoms with Gasteiger partial charge in [-0.05, 0) is 30.3 Å². The summed E-state index contributed by atoms with van der Waals surface area (Å²) >= 11 is 0. The van der Waals surface area contributed by atoms with Crippen molar-refractivity contribution in [3.8, 4) is 0 Å². The molecule has 1 aromatic carbocycles. The average molecular weight is 374 g/mol. The zero-order chi connectivity index (χ0) is 18.7. The van der Waals surface area contributed by atoms with E-state index in [1.165, 1.54) is 6.20 Å². The topological polar surface area (TPSA) is 105 Å². The summed E-state index contributed by atoms with van der Waals surface area (Å²) < 4.78 is 29.6. The third-order valence-electron chi connectivity index (χ3n) is 3.63. The first-order valence-electron chi connectivity index (χ1n) is 7.75. The van der Waals surface area contributed by atoms with Gasteiger partial charge in [-0.25, -0.2) is 8.42 Å². The molecule has 0 aliphatic heterocycles. The molecule has 26 heavy (non-hydrogen) atoms. The molecular formula is C17H18N4O4S. The molecule has 0 spiro atoms. The Hall–Kier alpha value is -2.91. The average Bonchev–Trinajstić information content (AvgIpc) is 3.03. The van der Waals surface area contributed by atoms with Crippen molar-refractivity contribution in [3.63, 3.8) is 0 Å². The van der Waals surface area contributed by atoms with Gasteiger partial charge < -0.3 is 9.32 Å². The molecule has 2 heterocycles. The van der Waals surface area contributed by atoms with E-state index >= 15 is 0 Å². The van der Waals surface area contributed by atoms with E-state index in [0.29, 0.717) is 11.3 Å². The minimum atomic E-state index is -3.78. The summed E-state index contributed by atoms with van der Waals surface area (Å²) in [5.41, 5.74) is 3.98. The summed E-state index contributed by atoms with van der Waals surface area (Å²) in [5.74, 6) is -1.02. The number of carbonyl (C=O) groups excluding carboxylic acids is 1. The highest BCUT2D eigenvalue weighted by molar-refractivity contribution is 7.88. The molecule has 136 valence electrons. The zero-order valence-electron chi connectivity index (χ0n) is 14.3. The first kappa shape index (κ1) is 17.9. The van der Waals surface area contributed by atoms with Gasteiger partial charge in [0.15, 0.2) is 5.76 Å². The van der Waals surface area contributed by atoms with Gasteiger partial charge in [0.25, 0.3) is 0 Å². The number of fused-ring (bicyclic) bond motifs is 1. The Bertz CT molecular complexity index is 1030. The number of nitrogens with one attached hydrogen (secondary N) is 2. The standard InChI is InChI=1S/C17H18N4O4S/c1-21(2)14-7-6-12-9-16(25-15(12)10-14)17(22)19-20-26(23,24)11-13-5-3-4-8-18-13/h3-10,20H,11H2,1-2H3,(H,19,22). The van der Waals surface area contributed by atoms with Crippen molar-refractivity contribution >= 4 is 32.6 Å². The number of furan rings is 1. The molecule has 2 N–H and O–H groups in total. The van der Waals surface area contributed by atoms with Crippen LogP contribution in [-0.2, 0) is 15.8 Å². The number of anilines is 1. The molecule has 0 saturated carbocycles. The van der Waals surface area contributed by atoms with Crippen LogP contribution in [-0.4, -0.2) is 33.4 Å². The molecule has 0 aliphatic rings. The van der Waals surface area contributed by atoms with Crippen LogP contribution in [0, 0.1) is 0 Å². The third kappa shape index (κ3) is 4.19. The van der Waals surface area contributed by atoms with Crippen molar-refractivity contribution in [2.24, 2.45) is 0 Å². The van der Waals surface area contributed by atoms with Crippen molar-refractivity contribution in [2.75, 3.05) is 19.0 Å². The maximum Gasteiger partial charge on any atom is 0.301 e. The van der Waals surface area contributed by atoms with E-state index in [1.54, 1.807) is 30.3 Å². The summed E-state index contributed by atoms with van der Waals surface area (Å²) in [5, 5.41) is 0.747. The fourth-order valence-corrected chi connectivity index (χ4v) is 3.19. The largest absolute Gasteiger partial charge is 0.451 e. The molecule has 8 nitrogen and oxygen atoms in total. The third-order valence-corrected chi connectivity index (χ3v) is 4.72. The number of carbonyl (C=O) groups is 1. The van der Waals surface area contributed by atoms with Crippen molar-refractivity contribution in [3.05, 3.63) is 60.1 Å². The number of hydrogen-bond donors (Lipinski definition) is 2. The minimum absolute atomic E-state index is 0.0106. The second-order valence-electron chi connectivity index (χ2n) is 5.86. The number of amides is 1. The first-order chi connectivity index (χ1) is 12.3. The quantitative estimate of drug-likeness (QED) is 0.636. The maximum atomic E-state index is 12.2. The van der Waals surface area contributed by atoms with Crippen LogP contribution in [0.4, 0.5) is 5.69 Å². The van der Waals surface area contributed by atoms with Gasteiger partial charge in [0.05, 0.1) is 5.69 Å². The Morgan fingerprint density at radius 3 is 2.69 bits per heavy atom. The molecule has 0 unspecified atom stereocenters. The molecule has 9 heteroatoms. The SMILES string of the molecule is CN(C)c1ccc2cc(C(=O)NNS(=O)(=O)Cc3ccccn3)oc2c1. The monoisotopic (exact) mass is 374 g/mol. The number of hydrazine groups is 1. The van der Waals surface area contributed by atoms with Gasteiger partial charge in [-0.3, -0.25) is 15.2 Å². The lowest BCUT2D eigenvalue weighted by molar-refractivity contribution is 0.0919. The normalized spacial score (nSPS) is 11.5. The molecule has 0 aliphatic carbocycles.